The highest BCUT2D eigenvalue weighted by Gasteiger charge is 2.35. The molecule has 1 saturated carbocycles. The van der Waals surface area contributed by atoms with E-state index in [1.165, 1.54) is 4.90 Å². The number of rotatable bonds is 6. The van der Waals surface area contributed by atoms with Crippen LogP contribution in [0.5, 0.6) is 0 Å². The number of carbonyl (C=O) groups is 4. The number of para-hydroxylation sites is 1. The standard InChI is InChI=1S/C26H21N3O4/c30-23(28-22-11-4-3-10-21(22)24(31)27-18-12-13-18)17-7-5-6-16(14-17)15-29-25(32)19-8-1-2-9-20(19)26(29)33/h1-11,14,18H,12-13,15H2,(H,27,31)(H,28,30). The van der Waals surface area contributed by atoms with Crippen LogP contribution in [0.1, 0.15) is 59.8 Å². The van der Waals surface area contributed by atoms with Crippen LogP contribution in [0, 0.1) is 0 Å². The van der Waals surface area contributed by atoms with E-state index in [0.717, 1.165) is 12.8 Å². The second kappa shape index (κ2) is 8.35. The zero-order valence-electron chi connectivity index (χ0n) is 17.7. The molecule has 0 saturated heterocycles. The molecule has 33 heavy (non-hydrogen) atoms. The highest BCUT2D eigenvalue weighted by atomic mass is 16.2. The van der Waals surface area contributed by atoms with Crippen LogP contribution in [0.4, 0.5) is 5.69 Å². The molecule has 2 aliphatic rings. The van der Waals surface area contributed by atoms with Crippen LogP contribution in [0.3, 0.4) is 0 Å². The third kappa shape index (κ3) is 4.13. The number of amides is 4. The minimum absolute atomic E-state index is 0.0633. The summed E-state index contributed by atoms with van der Waals surface area (Å²) in [5.41, 5.74) is 2.61. The Morgan fingerprint density at radius 1 is 0.818 bits per heavy atom. The zero-order chi connectivity index (χ0) is 22.9. The van der Waals surface area contributed by atoms with Gasteiger partial charge in [-0.2, -0.15) is 0 Å². The zero-order valence-corrected chi connectivity index (χ0v) is 17.7. The lowest BCUT2D eigenvalue weighted by Gasteiger charge is -2.15. The van der Waals surface area contributed by atoms with E-state index in [9.17, 15) is 19.2 Å². The fraction of sp³-hybridized carbons (Fsp3) is 0.154. The van der Waals surface area contributed by atoms with Crippen molar-refractivity contribution in [1.29, 1.82) is 0 Å². The predicted molar refractivity (Wildman–Crippen MR) is 122 cm³/mol. The number of benzene rings is 3. The van der Waals surface area contributed by atoms with Crippen molar-refractivity contribution in [1.82, 2.24) is 10.2 Å². The fourth-order valence-electron chi connectivity index (χ4n) is 3.85. The average molecular weight is 439 g/mol. The highest BCUT2D eigenvalue weighted by molar-refractivity contribution is 6.21. The van der Waals surface area contributed by atoms with Crippen molar-refractivity contribution < 1.29 is 19.2 Å². The summed E-state index contributed by atoms with van der Waals surface area (Å²) in [5, 5.41) is 5.74. The summed E-state index contributed by atoms with van der Waals surface area (Å²) >= 11 is 0. The molecule has 7 heteroatoms. The first-order valence-electron chi connectivity index (χ1n) is 10.8. The molecule has 2 N–H and O–H groups in total. The molecular formula is C26H21N3O4. The van der Waals surface area contributed by atoms with Gasteiger partial charge in [0.1, 0.15) is 0 Å². The summed E-state index contributed by atoms with van der Waals surface area (Å²) in [4.78, 5) is 51.9. The maximum Gasteiger partial charge on any atom is 0.261 e. The van der Waals surface area contributed by atoms with Gasteiger partial charge in [0.05, 0.1) is 28.9 Å². The summed E-state index contributed by atoms with van der Waals surface area (Å²) in [7, 11) is 0. The molecule has 3 aromatic carbocycles. The van der Waals surface area contributed by atoms with Gasteiger partial charge in [-0.05, 0) is 54.8 Å². The van der Waals surface area contributed by atoms with E-state index in [4.69, 9.17) is 0 Å². The molecule has 1 fully saturated rings. The lowest BCUT2D eigenvalue weighted by Crippen LogP contribution is -2.29. The van der Waals surface area contributed by atoms with Crippen molar-refractivity contribution in [2.24, 2.45) is 0 Å². The lowest BCUT2D eigenvalue weighted by molar-refractivity contribution is 0.0642. The number of carbonyl (C=O) groups excluding carboxylic acids is 4. The Labute approximate surface area is 190 Å². The van der Waals surface area contributed by atoms with Crippen LogP contribution in [-0.4, -0.2) is 34.6 Å². The first-order valence-corrected chi connectivity index (χ1v) is 10.8. The first-order chi connectivity index (χ1) is 16.0. The number of imide groups is 1. The van der Waals surface area contributed by atoms with E-state index < -0.39 is 0 Å². The van der Waals surface area contributed by atoms with Crippen molar-refractivity contribution in [3.8, 4) is 0 Å². The van der Waals surface area contributed by atoms with Crippen LogP contribution in [0.2, 0.25) is 0 Å². The van der Waals surface area contributed by atoms with Gasteiger partial charge in [-0.25, -0.2) is 0 Å². The van der Waals surface area contributed by atoms with E-state index in [2.05, 4.69) is 10.6 Å². The Kier molecular flexibility index (Phi) is 5.22. The smallest absolute Gasteiger partial charge is 0.261 e. The molecule has 0 atom stereocenters. The molecular weight excluding hydrogens is 418 g/mol. The Bertz CT molecular complexity index is 1260. The minimum Gasteiger partial charge on any atom is -0.349 e. The lowest BCUT2D eigenvalue weighted by atomic mass is 10.1. The number of nitrogens with one attached hydrogen (secondary N) is 2. The van der Waals surface area contributed by atoms with Gasteiger partial charge < -0.3 is 10.6 Å². The van der Waals surface area contributed by atoms with Crippen LogP contribution in [0.15, 0.2) is 72.8 Å². The van der Waals surface area contributed by atoms with Gasteiger partial charge in [-0.3, -0.25) is 24.1 Å². The molecule has 1 heterocycles. The largest absolute Gasteiger partial charge is 0.349 e. The Balaban J connectivity index is 1.32. The van der Waals surface area contributed by atoms with Gasteiger partial charge in [0, 0.05) is 11.6 Å². The van der Waals surface area contributed by atoms with Crippen molar-refractivity contribution in [2.75, 3.05) is 5.32 Å². The summed E-state index contributed by atoms with van der Waals surface area (Å²) in [6.45, 7) is 0.0633. The quantitative estimate of drug-likeness (QED) is 0.574. The molecule has 0 spiro atoms. The van der Waals surface area contributed by atoms with Crippen molar-refractivity contribution in [3.05, 3.63) is 101 Å². The summed E-state index contributed by atoms with van der Waals surface area (Å²) < 4.78 is 0. The van der Waals surface area contributed by atoms with E-state index in [1.54, 1.807) is 72.8 Å². The summed E-state index contributed by atoms with van der Waals surface area (Å²) in [6.07, 6.45) is 1.94. The number of fused-ring (bicyclic) bond motifs is 1. The van der Waals surface area contributed by atoms with E-state index in [0.29, 0.717) is 33.5 Å². The second-order valence-corrected chi connectivity index (χ2v) is 8.19. The van der Waals surface area contributed by atoms with Crippen molar-refractivity contribution in [2.45, 2.75) is 25.4 Å². The Morgan fingerprint density at radius 3 is 2.18 bits per heavy atom. The number of hydrogen-bond acceptors (Lipinski definition) is 4. The summed E-state index contributed by atoms with van der Waals surface area (Å²) in [6, 6.07) is 20.5. The predicted octanol–water partition coefficient (Wildman–Crippen LogP) is 3.63. The van der Waals surface area contributed by atoms with Crippen LogP contribution in [-0.2, 0) is 6.54 Å². The minimum atomic E-state index is -0.383. The van der Waals surface area contributed by atoms with E-state index in [1.807, 2.05) is 0 Å². The number of nitrogens with zero attached hydrogens (tertiary/aromatic N) is 1. The van der Waals surface area contributed by atoms with Crippen molar-refractivity contribution in [3.63, 3.8) is 0 Å². The van der Waals surface area contributed by atoms with Gasteiger partial charge in [-0.1, -0.05) is 36.4 Å². The molecule has 4 amide bonds. The van der Waals surface area contributed by atoms with Gasteiger partial charge in [-0.15, -0.1) is 0 Å². The molecule has 0 radical (unpaired) electrons. The molecule has 1 aliphatic carbocycles. The molecule has 164 valence electrons. The van der Waals surface area contributed by atoms with Gasteiger partial charge in [0.15, 0.2) is 0 Å². The van der Waals surface area contributed by atoms with Gasteiger partial charge in [0.2, 0.25) is 0 Å². The third-order valence-electron chi connectivity index (χ3n) is 5.74. The first kappa shape index (κ1) is 20.6. The van der Waals surface area contributed by atoms with Crippen LogP contribution >= 0.6 is 0 Å². The molecule has 0 aromatic heterocycles. The summed E-state index contributed by atoms with van der Waals surface area (Å²) in [5.74, 6) is -1.29. The maximum atomic E-state index is 12.9. The van der Waals surface area contributed by atoms with Crippen molar-refractivity contribution >= 4 is 29.3 Å². The molecule has 3 aromatic rings. The highest BCUT2D eigenvalue weighted by Crippen LogP contribution is 2.25. The molecule has 0 unspecified atom stereocenters. The normalized spacial score (nSPS) is 14.7. The van der Waals surface area contributed by atoms with Gasteiger partial charge >= 0.3 is 0 Å². The Hall–Kier alpha value is -4.26. The van der Waals surface area contributed by atoms with Crippen LogP contribution < -0.4 is 10.6 Å². The molecule has 5 rings (SSSR count). The van der Waals surface area contributed by atoms with Crippen LogP contribution in [0.25, 0.3) is 0 Å². The molecule has 1 aliphatic heterocycles. The number of hydrogen-bond donors (Lipinski definition) is 2. The topological polar surface area (TPSA) is 95.6 Å². The van der Waals surface area contributed by atoms with E-state index >= 15 is 0 Å². The SMILES string of the molecule is O=C(Nc1ccccc1C(=O)NC1CC1)c1cccc(CN2C(=O)c3ccccc3C2=O)c1. The number of anilines is 1. The van der Waals surface area contributed by atoms with Gasteiger partial charge in [0.25, 0.3) is 23.6 Å². The average Bonchev–Trinajstić information content (AvgIpc) is 3.62. The Morgan fingerprint density at radius 2 is 1.48 bits per heavy atom. The second-order valence-electron chi connectivity index (χ2n) is 8.19. The van der Waals surface area contributed by atoms with E-state index in [-0.39, 0.29) is 36.2 Å². The fourth-order valence-corrected chi connectivity index (χ4v) is 3.85. The molecule has 7 nitrogen and oxygen atoms in total. The molecule has 0 bridgehead atoms. The third-order valence-corrected chi connectivity index (χ3v) is 5.74. The maximum absolute atomic E-state index is 12.9. The monoisotopic (exact) mass is 439 g/mol.